The maximum absolute atomic E-state index is 14.7. The highest BCUT2D eigenvalue weighted by molar-refractivity contribution is 8.02. The van der Waals surface area contributed by atoms with Crippen molar-refractivity contribution < 1.29 is 19.5 Å². The summed E-state index contributed by atoms with van der Waals surface area (Å²) in [6.45, 7) is 10.2. The minimum Gasteiger partial charge on any atom is -0.395 e. The van der Waals surface area contributed by atoms with Crippen molar-refractivity contribution in [3.63, 3.8) is 0 Å². The van der Waals surface area contributed by atoms with E-state index in [0.717, 1.165) is 22.1 Å². The van der Waals surface area contributed by atoms with Gasteiger partial charge >= 0.3 is 0 Å². The van der Waals surface area contributed by atoms with E-state index < -0.39 is 27.4 Å². The molecule has 2 unspecified atom stereocenters. The van der Waals surface area contributed by atoms with Gasteiger partial charge in [-0.05, 0) is 54.8 Å². The van der Waals surface area contributed by atoms with Crippen LogP contribution in [0.5, 0.6) is 0 Å². The van der Waals surface area contributed by atoms with Gasteiger partial charge in [0.25, 0.3) is 5.91 Å². The molecule has 6 rings (SSSR count). The molecule has 3 aromatic carbocycles. The van der Waals surface area contributed by atoms with E-state index >= 15 is 0 Å². The third kappa shape index (κ3) is 4.59. The van der Waals surface area contributed by atoms with Crippen molar-refractivity contribution in [1.29, 1.82) is 0 Å². The Kier molecular flexibility index (Phi) is 7.69. The largest absolute Gasteiger partial charge is 0.395 e. The van der Waals surface area contributed by atoms with Crippen LogP contribution < -0.4 is 9.80 Å². The molecule has 0 radical (unpaired) electrons. The standard InChI is InChI=1S/C35H37N3O4S/c1-4-19-36(26-13-7-6-8-14-26)31(40)28-29-32(41)38(21-22-39)30(35(29)18-17-34(28,3)43-35)33(42)37(20-5-2)27-16-15-24-11-9-10-12-25(24)23-27/h4-16,23,28-30,39H,1-2,17-22H2,3H3/t28-,29+,30?,34+,35?/m1/s1. The molecule has 3 aromatic rings. The van der Waals surface area contributed by atoms with E-state index in [1.165, 1.54) is 0 Å². The number of amides is 3. The lowest BCUT2D eigenvalue weighted by atomic mass is 9.66. The highest BCUT2D eigenvalue weighted by Crippen LogP contribution is 2.71. The minimum atomic E-state index is -0.822. The van der Waals surface area contributed by atoms with Crippen molar-refractivity contribution in [2.75, 3.05) is 36.0 Å². The maximum Gasteiger partial charge on any atom is 0.251 e. The lowest BCUT2D eigenvalue weighted by Gasteiger charge is -2.38. The first kappa shape index (κ1) is 29.2. The fourth-order valence-electron chi connectivity index (χ4n) is 7.60. The number of carbonyl (C=O) groups is 3. The van der Waals surface area contributed by atoms with E-state index in [1.54, 1.807) is 38.6 Å². The summed E-state index contributed by atoms with van der Waals surface area (Å²) < 4.78 is -1.30. The first-order valence-electron chi connectivity index (χ1n) is 14.8. The number of thioether (sulfide) groups is 1. The molecule has 3 amide bonds. The molecule has 43 heavy (non-hydrogen) atoms. The Balaban J connectivity index is 1.42. The van der Waals surface area contributed by atoms with Crippen molar-refractivity contribution >= 4 is 51.6 Å². The van der Waals surface area contributed by atoms with Crippen molar-refractivity contribution in [2.24, 2.45) is 11.8 Å². The number of carbonyl (C=O) groups excluding carboxylic acids is 3. The summed E-state index contributed by atoms with van der Waals surface area (Å²) in [5.74, 6) is -1.87. The number of likely N-dealkylation sites (tertiary alicyclic amines) is 1. The molecule has 7 nitrogen and oxygen atoms in total. The first-order valence-corrected chi connectivity index (χ1v) is 15.6. The van der Waals surface area contributed by atoms with Crippen LogP contribution in [0.25, 0.3) is 10.8 Å². The Morgan fingerprint density at radius 1 is 0.930 bits per heavy atom. The van der Waals surface area contributed by atoms with Crippen LogP contribution in [0.4, 0.5) is 11.4 Å². The van der Waals surface area contributed by atoms with Gasteiger partial charge in [-0.3, -0.25) is 14.4 Å². The molecule has 0 saturated carbocycles. The SMILES string of the molecule is C=CCN(C(=O)C1N(CCO)C(=O)[C@@H]2[C@H](C(=O)N(CC=C)c3ccccc3)[C@]3(C)CCC12S3)c1ccc2ccccc2c1. The molecular weight excluding hydrogens is 558 g/mol. The van der Waals surface area contributed by atoms with E-state index in [1.807, 2.05) is 72.8 Å². The second-order valence-corrected chi connectivity index (χ2v) is 13.7. The van der Waals surface area contributed by atoms with Gasteiger partial charge in [0.15, 0.2) is 0 Å². The summed E-state index contributed by atoms with van der Waals surface area (Å²) >= 11 is 1.63. The Bertz CT molecular complexity index is 1590. The summed E-state index contributed by atoms with van der Waals surface area (Å²) in [4.78, 5) is 48.5. The third-order valence-corrected chi connectivity index (χ3v) is 11.4. The van der Waals surface area contributed by atoms with E-state index in [9.17, 15) is 19.5 Å². The predicted molar refractivity (Wildman–Crippen MR) is 173 cm³/mol. The second-order valence-electron chi connectivity index (χ2n) is 11.8. The lowest BCUT2D eigenvalue weighted by molar-refractivity contribution is -0.140. The first-order chi connectivity index (χ1) is 20.8. The zero-order chi connectivity index (χ0) is 30.4. The molecule has 8 heteroatoms. The van der Waals surface area contributed by atoms with E-state index in [-0.39, 0.29) is 37.4 Å². The summed E-state index contributed by atoms with van der Waals surface area (Å²) in [5, 5.41) is 12.1. The molecular formula is C35H37N3O4S. The molecule has 0 aromatic heterocycles. The third-order valence-electron chi connectivity index (χ3n) is 9.39. The smallest absolute Gasteiger partial charge is 0.251 e. The average Bonchev–Trinajstić information content (AvgIpc) is 3.59. The minimum absolute atomic E-state index is 0.0282. The highest BCUT2D eigenvalue weighted by atomic mass is 32.2. The predicted octanol–water partition coefficient (Wildman–Crippen LogP) is 5.05. The average molecular weight is 596 g/mol. The number of nitrogens with zero attached hydrogens (tertiary/aromatic N) is 3. The number of hydrogen-bond acceptors (Lipinski definition) is 5. The van der Waals surface area contributed by atoms with Crippen LogP contribution in [0.3, 0.4) is 0 Å². The quantitative estimate of drug-likeness (QED) is 0.332. The van der Waals surface area contributed by atoms with Crippen molar-refractivity contribution in [2.45, 2.75) is 35.3 Å². The Morgan fingerprint density at radius 2 is 1.58 bits per heavy atom. The van der Waals surface area contributed by atoms with Gasteiger partial charge in [0, 0.05) is 35.8 Å². The van der Waals surface area contributed by atoms with E-state index in [4.69, 9.17) is 0 Å². The van der Waals surface area contributed by atoms with Gasteiger partial charge in [-0.1, -0.05) is 60.7 Å². The number of aliphatic hydroxyl groups is 1. The van der Waals surface area contributed by atoms with Gasteiger partial charge in [0.1, 0.15) is 6.04 Å². The molecule has 0 aliphatic carbocycles. The topological polar surface area (TPSA) is 81.2 Å². The van der Waals surface area contributed by atoms with Crippen molar-refractivity contribution in [1.82, 2.24) is 4.90 Å². The van der Waals surface area contributed by atoms with Crippen LogP contribution in [-0.2, 0) is 14.4 Å². The van der Waals surface area contributed by atoms with Gasteiger partial charge in [-0.15, -0.1) is 24.9 Å². The van der Waals surface area contributed by atoms with Crippen molar-refractivity contribution in [3.05, 3.63) is 98.1 Å². The Hall–Kier alpha value is -3.88. The van der Waals surface area contributed by atoms with Crippen LogP contribution in [0.1, 0.15) is 19.8 Å². The van der Waals surface area contributed by atoms with E-state index in [2.05, 4.69) is 20.1 Å². The summed E-state index contributed by atoms with van der Waals surface area (Å²) in [5.41, 5.74) is 1.47. The molecule has 222 valence electrons. The maximum atomic E-state index is 14.7. The number of para-hydroxylation sites is 1. The molecule has 3 fully saturated rings. The van der Waals surface area contributed by atoms with Crippen LogP contribution in [0.15, 0.2) is 98.1 Å². The number of benzene rings is 3. The fourth-order valence-corrected chi connectivity index (χ4v) is 9.94. The number of hydrogen-bond donors (Lipinski definition) is 1. The van der Waals surface area contributed by atoms with Crippen LogP contribution in [-0.4, -0.2) is 69.5 Å². The van der Waals surface area contributed by atoms with Crippen molar-refractivity contribution in [3.8, 4) is 0 Å². The second kappa shape index (κ2) is 11.3. The summed E-state index contributed by atoms with van der Waals surface area (Å²) in [6, 6.07) is 22.5. The Morgan fingerprint density at radius 3 is 2.26 bits per heavy atom. The molecule has 1 spiro atoms. The lowest BCUT2D eigenvalue weighted by Crippen LogP contribution is -2.55. The normalized spacial score (nSPS) is 27.3. The fraction of sp³-hybridized carbons (Fsp3) is 0.343. The molecule has 3 aliphatic heterocycles. The molecule has 5 atom stereocenters. The summed E-state index contributed by atoms with van der Waals surface area (Å²) in [7, 11) is 0. The van der Waals surface area contributed by atoms with Gasteiger partial charge in [0.2, 0.25) is 11.8 Å². The summed E-state index contributed by atoms with van der Waals surface area (Å²) in [6.07, 6.45) is 4.73. The number of anilines is 2. The number of rotatable bonds is 10. The number of fused-ring (bicyclic) bond motifs is 2. The zero-order valence-corrected chi connectivity index (χ0v) is 25.2. The molecule has 2 bridgehead atoms. The number of β-amino-alcohol motifs (C(OH)–C–C–N with tert-alkyl or cyclic N) is 1. The monoisotopic (exact) mass is 595 g/mol. The van der Waals surface area contributed by atoms with Gasteiger partial charge < -0.3 is 19.8 Å². The van der Waals surface area contributed by atoms with E-state index in [0.29, 0.717) is 19.4 Å². The van der Waals surface area contributed by atoms with Gasteiger partial charge in [0.05, 0.1) is 23.2 Å². The molecule has 3 saturated heterocycles. The highest BCUT2D eigenvalue weighted by Gasteiger charge is 2.77. The zero-order valence-electron chi connectivity index (χ0n) is 24.4. The van der Waals surface area contributed by atoms with Crippen LogP contribution >= 0.6 is 11.8 Å². The number of aliphatic hydroxyl groups excluding tert-OH is 1. The van der Waals surface area contributed by atoms with Gasteiger partial charge in [-0.25, -0.2) is 0 Å². The molecule has 3 heterocycles. The molecule has 3 aliphatic rings. The van der Waals surface area contributed by atoms with Gasteiger partial charge in [-0.2, -0.15) is 0 Å². The van der Waals surface area contributed by atoms with Crippen LogP contribution in [0, 0.1) is 11.8 Å². The Labute approximate surface area is 256 Å². The van der Waals surface area contributed by atoms with Crippen LogP contribution in [0.2, 0.25) is 0 Å². The molecule has 1 N–H and O–H groups in total.